The molecule has 0 radical (unpaired) electrons. The highest BCUT2D eigenvalue weighted by Gasteiger charge is 2.27. The first-order chi connectivity index (χ1) is 9.20. The van der Waals surface area contributed by atoms with Gasteiger partial charge in [-0.25, -0.2) is 4.98 Å². The topological polar surface area (TPSA) is 16.1 Å². The Morgan fingerprint density at radius 1 is 1.58 bits per heavy atom. The number of hydrogen-bond donors (Lipinski definition) is 0. The van der Waals surface area contributed by atoms with Crippen LogP contribution >= 0.6 is 38.9 Å². The third-order valence-corrected chi connectivity index (χ3v) is 5.32. The van der Waals surface area contributed by atoms with Gasteiger partial charge in [-0.1, -0.05) is 0 Å². The van der Waals surface area contributed by atoms with Crippen LogP contribution in [0.5, 0.6) is 0 Å². The Kier molecular flexibility index (Phi) is 3.83. The van der Waals surface area contributed by atoms with Crippen LogP contribution in [-0.4, -0.2) is 11.5 Å². The Hall–Kier alpha value is -0.580. The zero-order chi connectivity index (χ0) is 13.4. The van der Waals surface area contributed by atoms with Gasteiger partial charge in [0, 0.05) is 27.7 Å². The summed E-state index contributed by atoms with van der Waals surface area (Å²) < 4.78 is 0.979. The SMILES string of the molecule is CC1c2ccsc2CCN1c1ncc(Br)cc1CCl. The maximum atomic E-state index is 6.06. The summed E-state index contributed by atoms with van der Waals surface area (Å²) in [7, 11) is 0. The maximum absolute atomic E-state index is 6.06. The van der Waals surface area contributed by atoms with E-state index in [0.29, 0.717) is 11.9 Å². The average molecular weight is 358 g/mol. The standard InChI is InChI=1S/C14H14BrClN2S/c1-9-12-3-5-19-13(12)2-4-18(9)14-10(7-16)6-11(15)8-17-14/h3,5-6,8-9H,2,4,7H2,1H3. The first kappa shape index (κ1) is 13.4. The largest absolute Gasteiger partial charge is 0.349 e. The highest BCUT2D eigenvalue weighted by molar-refractivity contribution is 9.10. The van der Waals surface area contributed by atoms with Gasteiger partial charge in [0.1, 0.15) is 5.82 Å². The van der Waals surface area contributed by atoms with Gasteiger partial charge in [0.15, 0.2) is 0 Å². The van der Waals surface area contributed by atoms with Crippen molar-refractivity contribution in [3.05, 3.63) is 44.2 Å². The molecule has 0 amide bonds. The Labute approximate surface area is 130 Å². The molecule has 0 bridgehead atoms. The second-order valence-electron chi connectivity index (χ2n) is 4.69. The summed E-state index contributed by atoms with van der Waals surface area (Å²) in [6.45, 7) is 3.25. The molecule has 2 nitrogen and oxygen atoms in total. The van der Waals surface area contributed by atoms with Gasteiger partial charge in [0.05, 0.1) is 11.9 Å². The quantitative estimate of drug-likeness (QED) is 0.720. The molecule has 100 valence electrons. The summed E-state index contributed by atoms with van der Waals surface area (Å²) in [5.74, 6) is 1.50. The molecule has 5 heteroatoms. The maximum Gasteiger partial charge on any atom is 0.133 e. The van der Waals surface area contributed by atoms with Gasteiger partial charge < -0.3 is 4.90 Å². The minimum Gasteiger partial charge on any atom is -0.349 e. The van der Waals surface area contributed by atoms with Gasteiger partial charge in [0.2, 0.25) is 0 Å². The summed E-state index contributed by atoms with van der Waals surface area (Å²) in [5.41, 5.74) is 2.52. The molecule has 0 aliphatic carbocycles. The van der Waals surface area contributed by atoms with Crippen LogP contribution in [0.4, 0.5) is 5.82 Å². The lowest BCUT2D eigenvalue weighted by atomic mass is 10.0. The molecule has 0 N–H and O–H groups in total. The number of anilines is 1. The molecule has 0 aromatic carbocycles. The third-order valence-electron chi connectivity index (χ3n) is 3.60. The van der Waals surface area contributed by atoms with Gasteiger partial charge in [-0.05, 0) is 52.4 Å². The molecule has 2 aromatic rings. The molecule has 1 aliphatic heterocycles. The molecule has 19 heavy (non-hydrogen) atoms. The second-order valence-corrected chi connectivity index (χ2v) is 6.87. The van der Waals surface area contributed by atoms with Crippen LogP contribution in [0, 0.1) is 0 Å². The summed E-state index contributed by atoms with van der Waals surface area (Å²) >= 11 is 11.4. The molecule has 0 saturated heterocycles. The Balaban J connectivity index is 2.00. The van der Waals surface area contributed by atoms with E-state index in [9.17, 15) is 0 Å². The summed E-state index contributed by atoms with van der Waals surface area (Å²) in [4.78, 5) is 8.45. The van der Waals surface area contributed by atoms with Gasteiger partial charge in [-0.3, -0.25) is 0 Å². The fourth-order valence-electron chi connectivity index (χ4n) is 2.63. The fourth-order valence-corrected chi connectivity index (χ4v) is 4.17. The molecule has 1 unspecified atom stereocenters. The lowest BCUT2D eigenvalue weighted by Crippen LogP contribution is -2.34. The summed E-state index contributed by atoms with van der Waals surface area (Å²) in [6.07, 6.45) is 2.94. The van der Waals surface area contributed by atoms with Crippen molar-refractivity contribution < 1.29 is 0 Å². The number of pyridine rings is 1. The van der Waals surface area contributed by atoms with E-state index >= 15 is 0 Å². The highest BCUT2D eigenvalue weighted by Crippen LogP contribution is 2.37. The van der Waals surface area contributed by atoms with Gasteiger partial charge in [0.25, 0.3) is 0 Å². The van der Waals surface area contributed by atoms with Crippen molar-refractivity contribution in [2.45, 2.75) is 25.3 Å². The zero-order valence-electron chi connectivity index (χ0n) is 10.6. The second kappa shape index (κ2) is 5.43. The molecular formula is C14H14BrClN2S. The Bertz CT molecular complexity index is 599. The Morgan fingerprint density at radius 2 is 2.42 bits per heavy atom. The highest BCUT2D eigenvalue weighted by atomic mass is 79.9. The van der Waals surface area contributed by atoms with E-state index in [1.807, 2.05) is 17.5 Å². The first-order valence-corrected chi connectivity index (χ1v) is 8.44. The number of hydrogen-bond acceptors (Lipinski definition) is 3. The number of alkyl halides is 1. The molecule has 1 atom stereocenters. The van der Waals surface area contributed by atoms with Crippen molar-refractivity contribution in [3.63, 3.8) is 0 Å². The van der Waals surface area contributed by atoms with Crippen molar-refractivity contribution >= 4 is 44.7 Å². The lowest BCUT2D eigenvalue weighted by molar-refractivity contribution is 0.622. The summed E-state index contributed by atoms with van der Waals surface area (Å²) in [5, 5.41) is 2.18. The predicted molar refractivity (Wildman–Crippen MR) is 85.3 cm³/mol. The van der Waals surface area contributed by atoms with Crippen molar-refractivity contribution in [1.29, 1.82) is 0 Å². The molecule has 1 aliphatic rings. The third kappa shape index (κ3) is 2.41. The van der Waals surface area contributed by atoms with E-state index in [1.165, 1.54) is 10.4 Å². The lowest BCUT2D eigenvalue weighted by Gasteiger charge is -2.35. The number of nitrogens with zero attached hydrogens (tertiary/aromatic N) is 2. The van der Waals surface area contributed by atoms with Gasteiger partial charge in [-0.2, -0.15) is 0 Å². The predicted octanol–water partition coefficient (Wildman–Crippen LogP) is 4.77. The van der Waals surface area contributed by atoms with Crippen LogP contribution < -0.4 is 4.90 Å². The van der Waals surface area contributed by atoms with E-state index in [2.05, 4.69) is 50.3 Å². The van der Waals surface area contributed by atoms with Crippen LogP contribution in [0.25, 0.3) is 0 Å². The van der Waals surface area contributed by atoms with E-state index in [4.69, 9.17) is 11.6 Å². The number of rotatable bonds is 2. The van der Waals surface area contributed by atoms with Crippen LogP contribution in [-0.2, 0) is 12.3 Å². The molecular weight excluding hydrogens is 344 g/mol. The van der Waals surface area contributed by atoms with Crippen LogP contribution in [0.2, 0.25) is 0 Å². The van der Waals surface area contributed by atoms with E-state index in [0.717, 1.165) is 28.8 Å². The van der Waals surface area contributed by atoms with Crippen molar-refractivity contribution in [3.8, 4) is 0 Å². The van der Waals surface area contributed by atoms with E-state index in [1.54, 1.807) is 0 Å². The average Bonchev–Trinajstić information content (AvgIpc) is 2.89. The first-order valence-electron chi connectivity index (χ1n) is 6.24. The Morgan fingerprint density at radius 3 is 3.21 bits per heavy atom. The molecule has 0 saturated carbocycles. The minimum atomic E-state index is 0.366. The molecule has 3 rings (SSSR count). The van der Waals surface area contributed by atoms with Crippen LogP contribution in [0.1, 0.15) is 29.0 Å². The molecule has 0 fully saturated rings. The van der Waals surface area contributed by atoms with Gasteiger partial charge in [-0.15, -0.1) is 22.9 Å². The minimum absolute atomic E-state index is 0.366. The molecule has 0 spiro atoms. The van der Waals surface area contributed by atoms with Crippen molar-refractivity contribution in [1.82, 2.24) is 4.98 Å². The number of halogens is 2. The van der Waals surface area contributed by atoms with Gasteiger partial charge >= 0.3 is 0 Å². The molecule has 2 aromatic heterocycles. The zero-order valence-corrected chi connectivity index (χ0v) is 13.7. The summed E-state index contributed by atoms with van der Waals surface area (Å²) in [6, 6.07) is 4.66. The van der Waals surface area contributed by atoms with Crippen LogP contribution in [0.15, 0.2) is 28.2 Å². The van der Waals surface area contributed by atoms with Crippen molar-refractivity contribution in [2.75, 3.05) is 11.4 Å². The fraction of sp³-hybridized carbons (Fsp3) is 0.357. The molecule has 3 heterocycles. The smallest absolute Gasteiger partial charge is 0.133 e. The number of aromatic nitrogens is 1. The monoisotopic (exact) mass is 356 g/mol. The number of thiophene rings is 1. The van der Waals surface area contributed by atoms with Crippen LogP contribution in [0.3, 0.4) is 0 Å². The van der Waals surface area contributed by atoms with E-state index in [-0.39, 0.29) is 0 Å². The van der Waals surface area contributed by atoms with Crippen molar-refractivity contribution in [2.24, 2.45) is 0 Å². The van der Waals surface area contributed by atoms with E-state index < -0.39 is 0 Å². The number of fused-ring (bicyclic) bond motifs is 1. The normalized spacial score (nSPS) is 18.5.